The van der Waals surface area contributed by atoms with E-state index in [1.165, 1.54) is 13.2 Å². The van der Waals surface area contributed by atoms with Crippen LogP contribution in [0.4, 0.5) is 13.2 Å². The average molecular weight is 301 g/mol. The number of benzene rings is 2. The van der Waals surface area contributed by atoms with Crippen LogP contribution in [0.5, 0.6) is 5.75 Å². The van der Waals surface area contributed by atoms with E-state index in [2.05, 4.69) is 0 Å². The van der Waals surface area contributed by atoms with E-state index in [0.717, 1.165) is 18.2 Å². The molecule has 0 radical (unpaired) electrons. The van der Waals surface area contributed by atoms with Crippen molar-refractivity contribution >= 4 is 11.6 Å². The largest absolute Gasteiger partial charge is 0.497 e. The number of alkyl halides is 1. The summed E-state index contributed by atoms with van der Waals surface area (Å²) in [6.45, 7) is 1.68. The number of hydrogen-bond acceptors (Lipinski definition) is 1. The molecule has 0 saturated carbocycles. The van der Waals surface area contributed by atoms with Crippen molar-refractivity contribution in [2.24, 2.45) is 0 Å². The van der Waals surface area contributed by atoms with E-state index in [1.807, 2.05) is 0 Å². The monoisotopic (exact) mass is 300 g/mol. The molecule has 1 atom stereocenters. The van der Waals surface area contributed by atoms with E-state index < -0.39 is 22.8 Å². The fourth-order valence-electron chi connectivity index (χ4n) is 2.00. The van der Waals surface area contributed by atoms with Crippen molar-refractivity contribution < 1.29 is 17.9 Å². The summed E-state index contributed by atoms with van der Waals surface area (Å²) in [6, 6.07) is 6.14. The Kier molecular flexibility index (Phi) is 4.23. The predicted molar refractivity (Wildman–Crippen MR) is 71.7 cm³/mol. The Balaban J connectivity index is 2.50. The van der Waals surface area contributed by atoms with E-state index in [0.29, 0.717) is 11.1 Å². The molecule has 0 bridgehead atoms. The van der Waals surface area contributed by atoms with Crippen LogP contribution in [0.2, 0.25) is 0 Å². The van der Waals surface area contributed by atoms with Crippen LogP contribution in [0.25, 0.3) is 0 Å². The van der Waals surface area contributed by atoms with Gasteiger partial charge in [-0.3, -0.25) is 0 Å². The van der Waals surface area contributed by atoms with Gasteiger partial charge < -0.3 is 4.74 Å². The molecule has 0 fully saturated rings. The lowest BCUT2D eigenvalue weighted by Crippen LogP contribution is -2.03. The van der Waals surface area contributed by atoms with Crippen LogP contribution in [-0.2, 0) is 0 Å². The first kappa shape index (κ1) is 14.7. The summed E-state index contributed by atoms with van der Waals surface area (Å²) in [5, 5.41) is -1.12. The van der Waals surface area contributed by atoms with Gasteiger partial charge in [-0.05, 0) is 30.2 Å². The zero-order valence-corrected chi connectivity index (χ0v) is 11.6. The van der Waals surface area contributed by atoms with Gasteiger partial charge in [0, 0.05) is 17.7 Å². The summed E-state index contributed by atoms with van der Waals surface area (Å²) < 4.78 is 46.0. The minimum atomic E-state index is -1.12. The van der Waals surface area contributed by atoms with Gasteiger partial charge in [0.05, 0.1) is 12.5 Å². The molecule has 5 heteroatoms. The first-order chi connectivity index (χ1) is 9.42. The molecule has 0 saturated heterocycles. The lowest BCUT2D eigenvalue weighted by Gasteiger charge is -2.14. The van der Waals surface area contributed by atoms with Gasteiger partial charge in [0.1, 0.15) is 23.2 Å². The highest BCUT2D eigenvalue weighted by Gasteiger charge is 2.22. The molecule has 0 aliphatic carbocycles. The summed E-state index contributed by atoms with van der Waals surface area (Å²) in [7, 11) is 1.31. The second kappa shape index (κ2) is 5.75. The van der Waals surface area contributed by atoms with Crippen LogP contribution >= 0.6 is 11.6 Å². The van der Waals surface area contributed by atoms with Gasteiger partial charge in [-0.1, -0.05) is 6.07 Å². The molecule has 2 aromatic carbocycles. The third-order valence-electron chi connectivity index (χ3n) is 2.90. The highest BCUT2D eigenvalue weighted by Crippen LogP contribution is 2.35. The Labute approximate surface area is 119 Å². The third-order valence-corrected chi connectivity index (χ3v) is 3.37. The Hall–Kier alpha value is -1.68. The van der Waals surface area contributed by atoms with Crippen molar-refractivity contribution in [3.05, 3.63) is 64.5 Å². The molecule has 2 rings (SSSR count). The zero-order chi connectivity index (χ0) is 14.9. The fourth-order valence-corrected chi connectivity index (χ4v) is 2.33. The van der Waals surface area contributed by atoms with E-state index in [4.69, 9.17) is 16.3 Å². The number of halogens is 4. The average Bonchev–Trinajstić information content (AvgIpc) is 2.36. The quantitative estimate of drug-likeness (QED) is 0.743. The molecule has 0 aliphatic heterocycles. The van der Waals surface area contributed by atoms with Crippen molar-refractivity contribution in [3.8, 4) is 5.75 Å². The van der Waals surface area contributed by atoms with Crippen LogP contribution in [-0.4, -0.2) is 7.11 Å². The second-order valence-electron chi connectivity index (χ2n) is 4.43. The maximum Gasteiger partial charge on any atom is 0.134 e. The van der Waals surface area contributed by atoms with Gasteiger partial charge >= 0.3 is 0 Å². The Morgan fingerprint density at radius 3 is 2.10 bits per heavy atom. The molecule has 1 nitrogen and oxygen atoms in total. The van der Waals surface area contributed by atoms with Crippen LogP contribution in [0.3, 0.4) is 0 Å². The van der Waals surface area contributed by atoms with Crippen molar-refractivity contribution in [1.29, 1.82) is 0 Å². The molecule has 0 aromatic heterocycles. The molecule has 0 amide bonds. The van der Waals surface area contributed by atoms with E-state index in [1.54, 1.807) is 13.0 Å². The van der Waals surface area contributed by atoms with E-state index >= 15 is 0 Å². The first-order valence-electron chi connectivity index (χ1n) is 5.86. The number of rotatable bonds is 3. The van der Waals surface area contributed by atoms with Crippen LogP contribution in [0.15, 0.2) is 30.3 Å². The Morgan fingerprint density at radius 2 is 1.60 bits per heavy atom. The summed E-state index contributed by atoms with van der Waals surface area (Å²) >= 11 is 6.09. The van der Waals surface area contributed by atoms with Crippen molar-refractivity contribution in [3.63, 3.8) is 0 Å². The second-order valence-corrected chi connectivity index (χ2v) is 4.87. The normalized spacial score (nSPS) is 12.3. The van der Waals surface area contributed by atoms with Gasteiger partial charge in [-0.15, -0.1) is 11.6 Å². The predicted octanol–water partition coefficient (Wildman–Crippen LogP) is 4.75. The number of methoxy groups -OCH3 is 1. The molecule has 20 heavy (non-hydrogen) atoms. The molecular formula is C15H12ClF3O. The number of hydrogen-bond donors (Lipinski definition) is 0. The van der Waals surface area contributed by atoms with Gasteiger partial charge in [-0.25, -0.2) is 13.2 Å². The first-order valence-corrected chi connectivity index (χ1v) is 6.30. The lowest BCUT2D eigenvalue weighted by molar-refractivity contribution is 0.405. The zero-order valence-electron chi connectivity index (χ0n) is 10.9. The number of aryl methyl sites for hydroxylation is 1. The van der Waals surface area contributed by atoms with Crippen molar-refractivity contribution in [1.82, 2.24) is 0 Å². The summed E-state index contributed by atoms with van der Waals surface area (Å²) in [4.78, 5) is 0. The van der Waals surface area contributed by atoms with Gasteiger partial charge in [0.15, 0.2) is 0 Å². The minimum absolute atomic E-state index is 0.0584. The molecule has 2 aromatic rings. The molecular weight excluding hydrogens is 289 g/mol. The summed E-state index contributed by atoms with van der Waals surface area (Å²) in [5.74, 6) is -2.10. The van der Waals surface area contributed by atoms with Gasteiger partial charge in [0.2, 0.25) is 0 Å². The fraction of sp³-hybridized carbons (Fsp3) is 0.200. The number of ether oxygens (including phenoxy) is 1. The molecule has 0 aliphatic rings. The summed E-state index contributed by atoms with van der Waals surface area (Å²) in [5.41, 5.74) is 0.601. The van der Waals surface area contributed by atoms with Crippen LogP contribution < -0.4 is 4.74 Å². The molecule has 1 unspecified atom stereocenters. The lowest BCUT2D eigenvalue weighted by atomic mass is 10.0. The third kappa shape index (κ3) is 2.90. The Bertz CT molecular complexity index is 600. The van der Waals surface area contributed by atoms with Crippen molar-refractivity contribution in [2.75, 3.05) is 7.11 Å². The topological polar surface area (TPSA) is 9.23 Å². The van der Waals surface area contributed by atoms with Gasteiger partial charge in [-0.2, -0.15) is 0 Å². The Morgan fingerprint density at radius 1 is 1.00 bits per heavy atom. The molecule has 0 N–H and O–H groups in total. The standard InChI is InChI=1S/C15H12ClF3O/c1-8-3-9(5-10(17)4-8)15(16)14-12(18)6-11(20-2)7-13(14)19/h3-7,15H,1-2H3. The van der Waals surface area contributed by atoms with E-state index in [-0.39, 0.29) is 11.3 Å². The smallest absolute Gasteiger partial charge is 0.134 e. The SMILES string of the molecule is COc1cc(F)c(C(Cl)c2cc(C)cc(F)c2)c(F)c1. The highest BCUT2D eigenvalue weighted by atomic mass is 35.5. The molecule has 0 heterocycles. The highest BCUT2D eigenvalue weighted by molar-refractivity contribution is 6.22. The molecule has 0 spiro atoms. The van der Waals surface area contributed by atoms with Gasteiger partial charge in [0.25, 0.3) is 0 Å². The maximum atomic E-state index is 13.9. The van der Waals surface area contributed by atoms with Crippen molar-refractivity contribution in [2.45, 2.75) is 12.3 Å². The minimum Gasteiger partial charge on any atom is -0.497 e. The van der Waals surface area contributed by atoms with Crippen LogP contribution in [0.1, 0.15) is 22.1 Å². The van der Waals surface area contributed by atoms with E-state index in [9.17, 15) is 13.2 Å². The maximum absolute atomic E-state index is 13.9. The van der Waals surface area contributed by atoms with Crippen LogP contribution in [0, 0.1) is 24.4 Å². The summed E-state index contributed by atoms with van der Waals surface area (Å²) in [6.07, 6.45) is 0. The molecule has 106 valence electrons.